The van der Waals surface area contributed by atoms with Crippen molar-refractivity contribution in [2.24, 2.45) is 0 Å². The minimum absolute atomic E-state index is 0.275. The molecule has 2 heterocycles. The number of nitrogen functional groups attached to an aromatic ring is 1. The third kappa shape index (κ3) is 2.31. The quantitative estimate of drug-likeness (QED) is 0.771. The molecule has 0 aliphatic carbocycles. The molecule has 1 amide bonds. The molecule has 0 aliphatic rings. The Kier molecular flexibility index (Phi) is 3.27. The van der Waals surface area contributed by atoms with Gasteiger partial charge in [0, 0.05) is 24.3 Å². The van der Waals surface area contributed by atoms with Gasteiger partial charge in [0.15, 0.2) is 0 Å². The van der Waals surface area contributed by atoms with E-state index in [9.17, 15) is 4.79 Å². The van der Waals surface area contributed by atoms with Gasteiger partial charge >= 0.3 is 0 Å². The maximum absolute atomic E-state index is 12.4. The van der Waals surface area contributed by atoms with Gasteiger partial charge in [0.25, 0.3) is 5.91 Å². The summed E-state index contributed by atoms with van der Waals surface area (Å²) in [6.45, 7) is 2.49. The third-order valence-electron chi connectivity index (χ3n) is 3.31. The molecule has 0 atom stereocenters. The first-order chi connectivity index (χ1) is 10.2. The number of fused-ring (bicyclic) bond motifs is 1. The number of benzene rings is 1. The van der Waals surface area contributed by atoms with Gasteiger partial charge in [-0.3, -0.25) is 14.5 Å². The van der Waals surface area contributed by atoms with Crippen molar-refractivity contribution in [2.75, 3.05) is 11.1 Å². The smallest absolute Gasteiger partial charge is 0.276 e. The van der Waals surface area contributed by atoms with Crippen molar-refractivity contribution in [3.63, 3.8) is 0 Å². The summed E-state index contributed by atoms with van der Waals surface area (Å²) in [5, 5.41) is 8.86. The van der Waals surface area contributed by atoms with E-state index < -0.39 is 0 Å². The molecule has 0 bridgehead atoms. The van der Waals surface area contributed by atoms with Gasteiger partial charge in [0.1, 0.15) is 5.69 Å². The second-order valence-corrected chi connectivity index (χ2v) is 4.62. The fourth-order valence-electron chi connectivity index (χ4n) is 2.29. The van der Waals surface area contributed by atoms with Gasteiger partial charge in [0.05, 0.1) is 17.6 Å². The van der Waals surface area contributed by atoms with Crippen molar-refractivity contribution < 1.29 is 4.79 Å². The van der Waals surface area contributed by atoms with Crippen LogP contribution in [0.4, 0.5) is 11.4 Å². The molecule has 0 aliphatic heterocycles. The molecule has 1 aromatic carbocycles. The number of aryl methyl sites for hydroxylation is 1. The zero-order valence-corrected chi connectivity index (χ0v) is 11.6. The Balaban J connectivity index is 1.99. The van der Waals surface area contributed by atoms with Crippen LogP contribution in [0.1, 0.15) is 17.4 Å². The van der Waals surface area contributed by atoms with E-state index in [1.807, 2.05) is 31.2 Å². The number of anilines is 2. The van der Waals surface area contributed by atoms with E-state index >= 15 is 0 Å². The van der Waals surface area contributed by atoms with Crippen LogP contribution < -0.4 is 11.1 Å². The molecule has 0 radical (unpaired) electrons. The lowest BCUT2D eigenvalue weighted by Gasteiger charge is -2.10. The lowest BCUT2D eigenvalue weighted by Crippen LogP contribution is -2.19. The molecule has 0 saturated carbocycles. The molecular weight excluding hydrogens is 266 g/mol. The first kappa shape index (κ1) is 13.1. The number of nitrogens with zero attached hydrogens (tertiary/aromatic N) is 3. The normalized spacial score (nSPS) is 10.7. The van der Waals surface area contributed by atoms with Crippen molar-refractivity contribution in [1.29, 1.82) is 0 Å². The van der Waals surface area contributed by atoms with Gasteiger partial charge in [-0.2, -0.15) is 5.10 Å². The molecule has 3 N–H and O–H groups in total. The molecule has 0 spiro atoms. The van der Waals surface area contributed by atoms with Crippen molar-refractivity contribution in [3.05, 3.63) is 48.5 Å². The number of nitrogens with one attached hydrogen (secondary N) is 1. The number of carbonyl (C=O) groups excluding carboxylic acids is 1. The molecule has 3 rings (SSSR count). The van der Waals surface area contributed by atoms with Crippen molar-refractivity contribution in [3.8, 4) is 0 Å². The largest absolute Gasteiger partial charge is 0.396 e. The van der Waals surface area contributed by atoms with E-state index in [-0.39, 0.29) is 5.91 Å². The predicted octanol–water partition coefficient (Wildman–Crippen LogP) is 2.29. The molecule has 0 fully saturated rings. The molecule has 106 valence electrons. The lowest BCUT2D eigenvalue weighted by molar-refractivity contribution is 0.101. The highest BCUT2D eigenvalue weighted by atomic mass is 16.2. The zero-order valence-electron chi connectivity index (χ0n) is 11.6. The number of pyridine rings is 1. The number of carbonyl (C=O) groups is 1. The second kappa shape index (κ2) is 5.24. The summed E-state index contributed by atoms with van der Waals surface area (Å²) >= 11 is 0. The van der Waals surface area contributed by atoms with Gasteiger partial charge in [0.2, 0.25) is 0 Å². The number of rotatable bonds is 3. The number of hydrogen-bond acceptors (Lipinski definition) is 4. The molecular formula is C15H15N5O. The number of amides is 1. The van der Waals surface area contributed by atoms with E-state index in [1.54, 1.807) is 17.1 Å². The fourth-order valence-corrected chi connectivity index (χ4v) is 2.29. The predicted molar refractivity (Wildman–Crippen MR) is 82.0 cm³/mol. The Labute approximate surface area is 121 Å². The summed E-state index contributed by atoms with van der Waals surface area (Å²) < 4.78 is 1.58. The van der Waals surface area contributed by atoms with E-state index in [1.165, 1.54) is 6.20 Å². The Morgan fingerprint density at radius 3 is 3.00 bits per heavy atom. The molecule has 0 unspecified atom stereocenters. The van der Waals surface area contributed by atoms with E-state index in [4.69, 9.17) is 5.73 Å². The maximum atomic E-state index is 12.4. The van der Waals surface area contributed by atoms with E-state index in [0.717, 1.165) is 10.8 Å². The van der Waals surface area contributed by atoms with E-state index in [2.05, 4.69) is 15.4 Å². The highest BCUT2D eigenvalue weighted by Crippen LogP contribution is 2.23. The summed E-state index contributed by atoms with van der Waals surface area (Å²) in [6, 6.07) is 7.59. The fraction of sp³-hybridized carbons (Fsp3) is 0.133. The summed E-state index contributed by atoms with van der Waals surface area (Å²) in [5.41, 5.74) is 7.27. The summed E-state index contributed by atoms with van der Waals surface area (Å²) in [5.74, 6) is -0.275. The van der Waals surface area contributed by atoms with Crippen molar-refractivity contribution in [2.45, 2.75) is 13.5 Å². The standard InChI is InChI=1S/C15H15N5O/c1-2-20-14(12(16)9-18-20)15(21)19-13-5-3-4-10-6-7-17-8-11(10)13/h3-9H,2,16H2,1H3,(H,19,21). The summed E-state index contributed by atoms with van der Waals surface area (Å²) in [6.07, 6.45) is 4.94. The van der Waals surface area contributed by atoms with Crippen LogP contribution in [0.25, 0.3) is 10.8 Å². The van der Waals surface area contributed by atoms with Crippen LogP contribution >= 0.6 is 0 Å². The van der Waals surface area contributed by atoms with Crippen LogP contribution in [-0.4, -0.2) is 20.7 Å². The Bertz CT molecular complexity index is 803. The Hall–Kier alpha value is -2.89. The van der Waals surface area contributed by atoms with Crippen molar-refractivity contribution >= 4 is 28.1 Å². The van der Waals surface area contributed by atoms with E-state index in [0.29, 0.717) is 23.6 Å². The second-order valence-electron chi connectivity index (χ2n) is 4.62. The molecule has 2 aromatic heterocycles. The average Bonchev–Trinajstić information content (AvgIpc) is 2.88. The van der Waals surface area contributed by atoms with Crippen LogP contribution in [0.3, 0.4) is 0 Å². The molecule has 21 heavy (non-hydrogen) atoms. The number of nitrogens with two attached hydrogens (primary N) is 1. The molecule has 6 heteroatoms. The summed E-state index contributed by atoms with van der Waals surface area (Å²) in [7, 11) is 0. The van der Waals surface area contributed by atoms with Crippen LogP contribution in [0.15, 0.2) is 42.9 Å². The SMILES string of the molecule is CCn1ncc(N)c1C(=O)Nc1cccc2ccncc12. The highest BCUT2D eigenvalue weighted by Gasteiger charge is 2.17. The van der Waals surface area contributed by atoms with Crippen LogP contribution in [0.2, 0.25) is 0 Å². The highest BCUT2D eigenvalue weighted by molar-refractivity contribution is 6.10. The zero-order chi connectivity index (χ0) is 14.8. The number of aromatic nitrogens is 3. The third-order valence-corrected chi connectivity index (χ3v) is 3.31. The monoisotopic (exact) mass is 281 g/mol. The molecule has 3 aromatic rings. The average molecular weight is 281 g/mol. The lowest BCUT2D eigenvalue weighted by atomic mass is 10.1. The van der Waals surface area contributed by atoms with Gasteiger partial charge in [-0.1, -0.05) is 12.1 Å². The minimum atomic E-state index is -0.275. The van der Waals surface area contributed by atoms with Crippen LogP contribution in [-0.2, 0) is 6.54 Å². The van der Waals surface area contributed by atoms with Gasteiger partial charge in [-0.05, 0) is 24.4 Å². The Morgan fingerprint density at radius 1 is 1.33 bits per heavy atom. The van der Waals surface area contributed by atoms with Crippen molar-refractivity contribution in [1.82, 2.24) is 14.8 Å². The van der Waals surface area contributed by atoms with Gasteiger partial charge in [-0.25, -0.2) is 0 Å². The van der Waals surface area contributed by atoms with Gasteiger partial charge in [-0.15, -0.1) is 0 Å². The first-order valence-corrected chi connectivity index (χ1v) is 6.66. The molecule has 0 saturated heterocycles. The topological polar surface area (TPSA) is 85.8 Å². The minimum Gasteiger partial charge on any atom is -0.396 e. The maximum Gasteiger partial charge on any atom is 0.276 e. The number of hydrogen-bond donors (Lipinski definition) is 2. The van der Waals surface area contributed by atoms with Gasteiger partial charge < -0.3 is 11.1 Å². The summed E-state index contributed by atoms with van der Waals surface area (Å²) in [4.78, 5) is 16.5. The van der Waals surface area contributed by atoms with Crippen LogP contribution in [0.5, 0.6) is 0 Å². The van der Waals surface area contributed by atoms with Crippen LogP contribution in [0, 0.1) is 0 Å². The Morgan fingerprint density at radius 2 is 2.19 bits per heavy atom. The molecule has 6 nitrogen and oxygen atoms in total. The first-order valence-electron chi connectivity index (χ1n) is 6.66.